The lowest BCUT2D eigenvalue weighted by Crippen LogP contribution is -2.24. The van der Waals surface area contributed by atoms with Crippen molar-refractivity contribution in [2.24, 2.45) is 0 Å². The van der Waals surface area contributed by atoms with Crippen molar-refractivity contribution in [2.75, 3.05) is 0 Å². The van der Waals surface area contributed by atoms with Crippen LogP contribution in [0, 0.1) is 0 Å². The number of furan rings is 1. The molecular weight excluding hydrogens is 306 g/mol. The fourth-order valence-corrected chi connectivity index (χ4v) is 4.05. The van der Waals surface area contributed by atoms with E-state index in [1.54, 1.807) is 0 Å². The van der Waals surface area contributed by atoms with Gasteiger partial charge in [-0.3, -0.25) is 0 Å². The summed E-state index contributed by atoms with van der Waals surface area (Å²) in [5.74, 6) is 0. The van der Waals surface area contributed by atoms with Gasteiger partial charge in [-0.15, -0.1) is 0 Å². The molecular formula is C23H21NO. The van der Waals surface area contributed by atoms with Crippen LogP contribution in [0.25, 0.3) is 43.7 Å². The molecule has 0 aliphatic rings. The highest BCUT2D eigenvalue weighted by atomic mass is 16.3. The van der Waals surface area contributed by atoms with Crippen LogP contribution in [0.5, 0.6) is 0 Å². The van der Waals surface area contributed by atoms with E-state index in [9.17, 15) is 0 Å². The molecule has 0 spiro atoms. The van der Waals surface area contributed by atoms with Crippen molar-refractivity contribution >= 4 is 43.7 Å². The molecule has 0 aliphatic carbocycles. The van der Waals surface area contributed by atoms with Crippen LogP contribution in [0.3, 0.4) is 0 Å². The lowest BCUT2D eigenvalue weighted by Gasteiger charge is -2.27. The first kappa shape index (κ1) is 14.6. The average molecular weight is 327 g/mol. The molecule has 0 unspecified atom stereocenters. The van der Waals surface area contributed by atoms with Gasteiger partial charge in [0.05, 0.1) is 10.9 Å². The summed E-state index contributed by atoms with van der Waals surface area (Å²) in [4.78, 5) is 0. The Bertz CT molecular complexity index is 1250. The quantitative estimate of drug-likeness (QED) is 0.347. The summed E-state index contributed by atoms with van der Waals surface area (Å²) >= 11 is 0. The van der Waals surface area contributed by atoms with Gasteiger partial charge >= 0.3 is 0 Å². The highest BCUT2D eigenvalue weighted by Crippen LogP contribution is 2.41. The predicted molar refractivity (Wildman–Crippen MR) is 106 cm³/mol. The van der Waals surface area contributed by atoms with Gasteiger partial charge in [0.15, 0.2) is 0 Å². The second-order valence-electron chi connectivity index (χ2n) is 7.45. The topological polar surface area (TPSA) is 18.1 Å². The fraction of sp³-hybridized carbons (Fsp3) is 0.217. The predicted octanol–water partition coefficient (Wildman–Crippen LogP) is 6.84. The Labute approximate surface area is 146 Å². The molecule has 5 rings (SSSR count). The van der Waals surface area contributed by atoms with Crippen molar-refractivity contribution in [1.82, 2.24) is 4.57 Å². The van der Waals surface area contributed by atoms with Crippen LogP contribution in [0.4, 0.5) is 0 Å². The maximum atomic E-state index is 6.32. The van der Waals surface area contributed by atoms with Crippen LogP contribution in [0.1, 0.15) is 27.2 Å². The van der Waals surface area contributed by atoms with Gasteiger partial charge in [-0.1, -0.05) is 43.3 Å². The molecule has 5 aromatic rings. The standard InChI is InChI=1S/C23H21NO/c1-4-23(2,3)24-18-11-7-5-10-17(18)21-19(24)14-13-16-15-9-6-8-12-20(15)25-22(16)21/h5-14H,4H2,1-3H3. The Kier molecular flexibility index (Phi) is 2.85. The third kappa shape index (κ3) is 1.85. The Morgan fingerprint density at radius 3 is 2.32 bits per heavy atom. The summed E-state index contributed by atoms with van der Waals surface area (Å²) in [6.07, 6.45) is 1.07. The highest BCUT2D eigenvalue weighted by molar-refractivity contribution is 6.23. The van der Waals surface area contributed by atoms with Gasteiger partial charge in [-0.25, -0.2) is 0 Å². The van der Waals surface area contributed by atoms with Gasteiger partial charge in [0, 0.05) is 27.2 Å². The fourth-order valence-electron chi connectivity index (χ4n) is 4.05. The van der Waals surface area contributed by atoms with E-state index >= 15 is 0 Å². The number of nitrogens with zero attached hydrogens (tertiary/aromatic N) is 1. The molecule has 0 fully saturated rings. The molecule has 0 atom stereocenters. The van der Waals surface area contributed by atoms with Crippen molar-refractivity contribution in [3.05, 3.63) is 60.7 Å². The van der Waals surface area contributed by atoms with Crippen LogP contribution in [-0.4, -0.2) is 4.57 Å². The molecule has 2 nitrogen and oxygen atoms in total. The van der Waals surface area contributed by atoms with Crippen LogP contribution in [0.2, 0.25) is 0 Å². The average Bonchev–Trinajstić information content (AvgIpc) is 3.17. The van der Waals surface area contributed by atoms with Crippen LogP contribution >= 0.6 is 0 Å². The Morgan fingerprint density at radius 1 is 0.800 bits per heavy atom. The van der Waals surface area contributed by atoms with Crippen molar-refractivity contribution in [3.63, 3.8) is 0 Å². The lowest BCUT2D eigenvalue weighted by atomic mass is 10.0. The third-order valence-electron chi connectivity index (χ3n) is 5.65. The number of hydrogen-bond acceptors (Lipinski definition) is 1. The second kappa shape index (κ2) is 4.89. The van der Waals surface area contributed by atoms with E-state index in [0.29, 0.717) is 0 Å². The van der Waals surface area contributed by atoms with Gasteiger partial charge in [0.1, 0.15) is 11.2 Å². The largest absolute Gasteiger partial charge is 0.455 e. The highest BCUT2D eigenvalue weighted by Gasteiger charge is 2.25. The molecule has 0 saturated heterocycles. The zero-order valence-electron chi connectivity index (χ0n) is 14.8. The summed E-state index contributed by atoms with van der Waals surface area (Å²) in [5, 5.41) is 4.88. The second-order valence-corrected chi connectivity index (χ2v) is 7.45. The SMILES string of the molecule is CCC(C)(C)n1c2ccccc2c2c3oc4ccccc4c3ccc21. The number of fused-ring (bicyclic) bond motifs is 7. The van der Waals surface area contributed by atoms with E-state index < -0.39 is 0 Å². The Balaban J connectivity index is 2.07. The van der Waals surface area contributed by atoms with E-state index in [4.69, 9.17) is 4.42 Å². The molecule has 0 bridgehead atoms. The molecule has 0 saturated carbocycles. The number of rotatable bonds is 2. The maximum Gasteiger partial charge on any atom is 0.145 e. The first-order chi connectivity index (χ1) is 12.1. The first-order valence-electron chi connectivity index (χ1n) is 8.96. The van der Waals surface area contributed by atoms with Crippen molar-refractivity contribution in [3.8, 4) is 0 Å². The summed E-state index contributed by atoms with van der Waals surface area (Å²) in [5.41, 5.74) is 4.52. The minimum Gasteiger partial charge on any atom is -0.455 e. The smallest absolute Gasteiger partial charge is 0.145 e. The first-order valence-corrected chi connectivity index (χ1v) is 8.96. The molecule has 0 aliphatic heterocycles. The van der Waals surface area contributed by atoms with E-state index in [1.807, 2.05) is 6.07 Å². The molecule has 0 radical (unpaired) electrons. The van der Waals surface area contributed by atoms with E-state index in [0.717, 1.165) is 17.6 Å². The maximum absolute atomic E-state index is 6.32. The van der Waals surface area contributed by atoms with Crippen molar-refractivity contribution in [1.29, 1.82) is 0 Å². The van der Waals surface area contributed by atoms with Crippen LogP contribution < -0.4 is 0 Å². The number of para-hydroxylation sites is 2. The van der Waals surface area contributed by atoms with Crippen molar-refractivity contribution < 1.29 is 4.42 Å². The molecule has 2 heterocycles. The molecule has 124 valence electrons. The van der Waals surface area contributed by atoms with E-state index in [1.165, 1.54) is 32.6 Å². The van der Waals surface area contributed by atoms with Gasteiger partial charge in [-0.2, -0.15) is 0 Å². The van der Waals surface area contributed by atoms with Gasteiger partial charge < -0.3 is 8.98 Å². The minimum absolute atomic E-state index is 0.0427. The van der Waals surface area contributed by atoms with E-state index in [-0.39, 0.29) is 5.54 Å². The van der Waals surface area contributed by atoms with Crippen molar-refractivity contribution in [2.45, 2.75) is 32.7 Å². The number of aromatic nitrogens is 1. The zero-order valence-corrected chi connectivity index (χ0v) is 14.8. The summed E-state index contributed by atoms with van der Waals surface area (Å²) in [7, 11) is 0. The molecule has 3 aromatic carbocycles. The number of hydrogen-bond donors (Lipinski definition) is 0. The zero-order chi connectivity index (χ0) is 17.2. The molecule has 0 amide bonds. The molecule has 2 heteroatoms. The van der Waals surface area contributed by atoms with Crippen LogP contribution in [0.15, 0.2) is 65.1 Å². The minimum atomic E-state index is 0.0427. The van der Waals surface area contributed by atoms with E-state index in [2.05, 4.69) is 79.9 Å². The lowest BCUT2D eigenvalue weighted by molar-refractivity contribution is 0.364. The summed E-state index contributed by atoms with van der Waals surface area (Å²) < 4.78 is 8.80. The van der Waals surface area contributed by atoms with Gasteiger partial charge in [-0.05, 0) is 44.5 Å². The van der Waals surface area contributed by atoms with Crippen LogP contribution in [-0.2, 0) is 5.54 Å². The third-order valence-corrected chi connectivity index (χ3v) is 5.65. The normalized spacial score (nSPS) is 12.8. The van der Waals surface area contributed by atoms with Gasteiger partial charge in [0.25, 0.3) is 0 Å². The summed E-state index contributed by atoms with van der Waals surface area (Å²) in [6, 6.07) is 21.5. The Morgan fingerprint density at radius 2 is 1.52 bits per heavy atom. The monoisotopic (exact) mass is 327 g/mol. The Hall–Kier alpha value is -2.74. The molecule has 2 aromatic heterocycles. The number of benzene rings is 3. The van der Waals surface area contributed by atoms with Gasteiger partial charge in [0.2, 0.25) is 0 Å². The molecule has 0 N–H and O–H groups in total. The summed E-state index contributed by atoms with van der Waals surface area (Å²) in [6.45, 7) is 6.86. The molecule has 25 heavy (non-hydrogen) atoms.